The van der Waals surface area contributed by atoms with Gasteiger partial charge >= 0.3 is 0 Å². The van der Waals surface area contributed by atoms with E-state index in [2.05, 4.69) is 12.1 Å². The number of rotatable bonds is 2. The average Bonchev–Trinajstić information content (AvgIpc) is 2.82. The van der Waals surface area contributed by atoms with E-state index in [4.69, 9.17) is 4.84 Å². The molecule has 98 valence electrons. The fourth-order valence-corrected chi connectivity index (χ4v) is 2.63. The topological polar surface area (TPSA) is 32.7 Å². The van der Waals surface area contributed by atoms with Crippen molar-refractivity contribution >= 4 is 0 Å². The minimum atomic E-state index is -0.0867. The molecule has 0 bridgehead atoms. The molecule has 0 unspecified atom stereocenters. The molecule has 3 heteroatoms. The van der Waals surface area contributed by atoms with Gasteiger partial charge in [-0.3, -0.25) is 4.84 Å². The predicted octanol–water partition coefficient (Wildman–Crippen LogP) is 3.44. The smallest absolute Gasteiger partial charge is 0.121 e. The van der Waals surface area contributed by atoms with E-state index < -0.39 is 0 Å². The summed E-state index contributed by atoms with van der Waals surface area (Å²) >= 11 is 0. The molecule has 2 aromatic carbocycles. The van der Waals surface area contributed by atoms with E-state index >= 15 is 0 Å². The number of nitrogens with zero attached hydrogens (tertiary/aromatic N) is 1. The summed E-state index contributed by atoms with van der Waals surface area (Å²) in [5, 5.41) is 11.8. The van der Waals surface area contributed by atoms with Gasteiger partial charge < -0.3 is 5.11 Å². The molecule has 1 saturated heterocycles. The second kappa shape index (κ2) is 5.03. The van der Waals surface area contributed by atoms with Gasteiger partial charge in [0.05, 0.1) is 6.04 Å². The number of aromatic hydroxyl groups is 1. The van der Waals surface area contributed by atoms with Crippen LogP contribution in [0.4, 0.5) is 0 Å². The van der Waals surface area contributed by atoms with Gasteiger partial charge in [0, 0.05) is 19.0 Å². The van der Waals surface area contributed by atoms with Crippen molar-refractivity contribution in [2.45, 2.75) is 18.6 Å². The van der Waals surface area contributed by atoms with Crippen LogP contribution in [-0.4, -0.2) is 17.2 Å². The van der Waals surface area contributed by atoms with Crippen molar-refractivity contribution in [2.24, 2.45) is 0 Å². The normalized spacial score (nSPS) is 23.6. The van der Waals surface area contributed by atoms with Crippen molar-refractivity contribution in [2.75, 3.05) is 7.05 Å². The largest absolute Gasteiger partial charge is 0.508 e. The van der Waals surface area contributed by atoms with Crippen molar-refractivity contribution in [3.05, 3.63) is 65.7 Å². The molecule has 0 spiro atoms. The Morgan fingerprint density at radius 1 is 1.05 bits per heavy atom. The molecule has 3 nitrogen and oxygen atoms in total. The van der Waals surface area contributed by atoms with E-state index in [0.717, 1.165) is 12.0 Å². The Hall–Kier alpha value is -1.84. The Bertz CT molecular complexity index is 556. The zero-order chi connectivity index (χ0) is 13.2. The van der Waals surface area contributed by atoms with Crippen molar-refractivity contribution in [3.63, 3.8) is 0 Å². The second-order valence-corrected chi connectivity index (χ2v) is 4.86. The maximum absolute atomic E-state index is 9.92. The number of benzene rings is 2. The van der Waals surface area contributed by atoms with Crippen LogP contribution in [0.5, 0.6) is 5.75 Å². The third kappa shape index (κ3) is 2.35. The first kappa shape index (κ1) is 12.2. The number of para-hydroxylation sites is 1. The number of hydrogen-bond donors (Lipinski definition) is 1. The molecule has 0 amide bonds. The SMILES string of the molecule is CN1O[C@H](c2ccccc2O)C[C@@H]1c1ccccc1. The molecular weight excluding hydrogens is 238 g/mol. The standard InChI is InChI=1S/C16H17NO2/c1-17-14(12-7-3-2-4-8-12)11-16(19-17)13-9-5-6-10-15(13)18/h2-10,14,16,18H,11H2,1H3/t14-,16+/m1/s1. The summed E-state index contributed by atoms with van der Waals surface area (Å²) in [6, 6.07) is 17.9. The van der Waals surface area contributed by atoms with Gasteiger partial charge in [-0.2, -0.15) is 5.06 Å². The van der Waals surface area contributed by atoms with Gasteiger partial charge in [-0.25, -0.2) is 0 Å². The molecule has 2 aromatic rings. The van der Waals surface area contributed by atoms with E-state index in [9.17, 15) is 5.11 Å². The Kier molecular flexibility index (Phi) is 3.23. The van der Waals surface area contributed by atoms with Crippen molar-refractivity contribution in [1.29, 1.82) is 0 Å². The molecule has 0 aliphatic carbocycles. The lowest BCUT2D eigenvalue weighted by Gasteiger charge is -2.17. The van der Waals surface area contributed by atoms with Gasteiger partial charge in [-0.15, -0.1) is 0 Å². The summed E-state index contributed by atoms with van der Waals surface area (Å²) in [4.78, 5) is 5.87. The van der Waals surface area contributed by atoms with Crippen LogP contribution in [0.1, 0.15) is 29.7 Å². The molecule has 1 aliphatic heterocycles. The zero-order valence-electron chi connectivity index (χ0n) is 10.9. The highest BCUT2D eigenvalue weighted by Gasteiger charge is 2.33. The Balaban J connectivity index is 1.85. The van der Waals surface area contributed by atoms with Crippen LogP contribution < -0.4 is 0 Å². The third-order valence-electron chi connectivity index (χ3n) is 3.64. The molecule has 1 aliphatic rings. The van der Waals surface area contributed by atoms with Gasteiger partial charge in [0.25, 0.3) is 0 Å². The van der Waals surface area contributed by atoms with E-state index in [1.54, 1.807) is 6.07 Å². The zero-order valence-corrected chi connectivity index (χ0v) is 10.9. The van der Waals surface area contributed by atoms with Crippen LogP contribution >= 0.6 is 0 Å². The molecule has 1 heterocycles. The van der Waals surface area contributed by atoms with Crippen LogP contribution in [0.2, 0.25) is 0 Å². The van der Waals surface area contributed by atoms with Gasteiger partial charge in [-0.05, 0) is 11.6 Å². The lowest BCUT2D eigenvalue weighted by molar-refractivity contribution is -0.146. The Labute approximate surface area is 113 Å². The highest BCUT2D eigenvalue weighted by Crippen LogP contribution is 2.42. The fourth-order valence-electron chi connectivity index (χ4n) is 2.63. The second-order valence-electron chi connectivity index (χ2n) is 4.86. The third-order valence-corrected chi connectivity index (χ3v) is 3.64. The number of phenolic OH excluding ortho intramolecular Hbond substituents is 1. The molecular formula is C16H17NO2. The van der Waals surface area contributed by atoms with Crippen molar-refractivity contribution < 1.29 is 9.94 Å². The first-order chi connectivity index (χ1) is 9.25. The van der Waals surface area contributed by atoms with Crippen LogP contribution in [0.25, 0.3) is 0 Å². The van der Waals surface area contributed by atoms with E-state index in [1.165, 1.54) is 5.56 Å². The van der Waals surface area contributed by atoms with Crippen LogP contribution in [-0.2, 0) is 4.84 Å². The maximum Gasteiger partial charge on any atom is 0.121 e. The molecule has 3 rings (SSSR count). The van der Waals surface area contributed by atoms with Crippen LogP contribution in [0.15, 0.2) is 54.6 Å². The molecule has 1 fully saturated rings. The minimum Gasteiger partial charge on any atom is -0.508 e. The lowest BCUT2D eigenvalue weighted by atomic mass is 9.98. The molecule has 19 heavy (non-hydrogen) atoms. The van der Waals surface area contributed by atoms with Crippen molar-refractivity contribution in [3.8, 4) is 5.75 Å². The Morgan fingerprint density at radius 2 is 1.74 bits per heavy atom. The first-order valence-electron chi connectivity index (χ1n) is 6.48. The summed E-state index contributed by atoms with van der Waals surface area (Å²) in [7, 11) is 1.94. The molecule has 0 saturated carbocycles. The van der Waals surface area contributed by atoms with Crippen LogP contribution in [0, 0.1) is 0 Å². The fraction of sp³-hybridized carbons (Fsp3) is 0.250. The molecule has 0 radical (unpaired) electrons. The average molecular weight is 255 g/mol. The monoisotopic (exact) mass is 255 g/mol. The first-order valence-corrected chi connectivity index (χ1v) is 6.48. The van der Waals surface area contributed by atoms with Crippen molar-refractivity contribution in [1.82, 2.24) is 5.06 Å². The summed E-state index contributed by atoms with van der Waals surface area (Å²) in [6.45, 7) is 0. The highest BCUT2D eigenvalue weighted by atomic mass is 16.7. The maximum atomic E-state index is 9.92. The summed E-state index contributed by atoms with van der Waals surface area (Å²) in [6.07, 6.45) is 0.759. The summed E-state index contributed by atoms with van der Waals surface area (Å²) in [5.41, 5.74) is 2.09. The van der Waals surface area contributed by atoms with E-state index in [-0.39, 0.29) is 12.1 Å². The number of phenols is 1. The Morgan fingerprint density at radius 3 is 2.47 bits per heavy atom. The highest BCUT2D eigenvalue weighted by molar-refractivity contribution is 5.34. The quantitative estimate of drug-likeness (QED) is 0.892. The van der Waals surface area contributed by atoms with Crippen LogP contribution in [0.3, 0.4) is 0 Å². The molecule has 1 N–H and O–H groups in total. The summed E-state index contributed by atoms with van der Waals surface area (Å²) < 4.78 is 0. The van der Waals surface area contributed by atoms with Gasteiger partial charge in [0.15, 0.2) is 0 Å². The van der Waals surface area contributed by atoms with E-state index in [1.807, 2.05) is 48.5 Å². The predicted molar refractivity (Wildman–Crippen MR) is 73.5 cm³/mol. The number of hydrogen-bond acceptors (Lipinski definition) is 3. The minimum absolute atomic E-state index is 0.0867. The van der Waals surface area contributed by atoms with Gasteiger partial charge in [0.1, 0.15) is 11.9 Å². The molecule has 2 atom stereocenters. The van der Waals surface area contributed by atoms with Gasteiger partial charge in [-0.1, -0.05) is 48.5 Å². The summed E-state index contributed by atoms with van der Waals surface area (Å²) in [5.74, 6) is 0.301. The lowest BCUT2D eigenvalue weighted by Crippen LogP contribution is -2.16. The number of hydroxylamine groups is 2. The molecule has 0 aromatic heterocycles. The van der Waals surface area contributed by atoms with Gasteiger partial charge in [0.2, 0.25) is 0 Å². The van der Waals surface area contributed by atoms with E-state index in [0.29, 0.717) is 5.75 Å².